The Kier molecular flexibility index (Phi) is 4.46. The van der Waals surface area contributed by atoms with Crippen molar-refractivity contribution in [3.63, 3.8) is 0 Å². The first-order chi connectivity index (χ1) is 9.13. The molecule has 0 amide bonds. The zero-order chi connectivity index (χ0) is 13.7. The van der Waals surface area contributed by atoms with Gasteiger partial charge < -0.3 is 9.84 Å². The van der Waals surface area contributed by atoms with Crippen molar-refractivity contribution in [2.45, 2.75) is 45.4 Å². The van der Waals surface area contributed by atoms with Gasteiger partial charge in [0, 0.05) is 0 Å². The lowest BCUT2D eigenvalue weighted by Gasteiger charge is -2.28. The largest absolute Gasteiger partial charge is 0.508 e. The number of rotatable bonds is 5. The molecule has 0 spiro atoms. The summed E-state index contributed by atoms with van der Waals surface area (Å²) in [4.78, 5) is 11.8. The molecule has 1 fully saturated rings. The normalized spacial score (nSPS) is 17.3. The monoisotopic (exact) mass is 262 g/mol. The molecule has 104 valence electrons. The zero-order valence-corrected chi connectivity index (χ0v) is 11.5. The van der Waals surface area contributed by atoms with Crippen LogP contribution in [0.5, 0.6) is 5.75 Å². The predicted molar refractivity (Wildman–Crippen MR) is 74.0 cm³/mol. The Balaban J connectivity index is 2.06. The number of ether oxygens (including phenoxy) is 1. The molecule has 2 rings (SSSR count). The minimum Gasteiger partial charge on any atom is -0.508 e. The molecule has 1 aliphatic rings. The maximum Gasteiger partial charge on any atom is 0.306 e. The van der Waals surface area contributed by atoms with E-state index in [9.17, 15) is 9.90 Å². The molecule has 0 heterocycles. The van der Waals surface area contributed by atoms with Gasteiger partial charge in [-0.1, -0.05) is 25.0 Å². The van der Waals surface area contributed by atoms with Gasteiger partial charge in [0.1, 0.15) is 5.75 Å². The van der Waals surface area contributed by atoms with Crippen LogP contribution in [-0.2, 0) is 16.0 Å². The highest BCUT2D eigenvalue weighted by atomic mass is 16.5. The van der Waals surface area contributed by atoms with E-state index >= 15 is 0 Å². The highest BCUT2D eigenvalue weighted by Gasteiger charge is 2.36. The van der Waals surface area contributed by atoms with Gasteiger partial charge in [-0.15, -0.1) is 0 Å². The van der Waals surface area contributed by atoms with Crippen LogP contribution in [0.25, 0.3) is 0 Å². The van der Waals surface area contributed by atoms with E-state index in [0.717, 1.165) is 19.3 Å². The fourth-order valence-electron chi connectivity index (χ4n) is 3.11. The number of phenolic OH excluding ortho intramolecular Hbond substituents is 1. The van der Waals surface area contributed by atoms with Gasteiger partial charge in [-0.25, -0.2) is 0 Å². The second kappa shape index (κ2) is 6.09. The van der Waals surface area contributed by atoms with Crippen LogP contribution in [0, 0.1) is 5.41 Å². The van der Waals surface area contributed by atoms with Gasteiger partial charge in [0.25, 0.3) is 0 Å². The lowest BCUT2D eigenvalue weighted by Crippen LogP contribution is -2.25. The van der Waals surface area contributed by atoms with Crippen molar-refractivity contribution in [3.05, 3.63) is 29.8 Å². The van der Waals surface area contributed by atoms with E-state index in [4.69, 9.17) is 4.74 Å². The van der Waals surface area contributed by atoms with Crippen LogP contribution in [-0.4, -0.2) is 17.7 Å². The van der Waals surface area contributed by atoms with Crippen molar-refractivity contribution in [1.82, 2.24) is 0 Å². The van der Waals surface area contributed by atoms with E-state index in [2.05, 4.69) is 0 Å². The van der Waals surface area contributed by atoms with Gasteiger partial charge in [0.05, 0.1) is 13.0 Å². The number of carbonyl (C=O) groups excluding carboxylic acids is 1. The molecule has 1 saturated carbocycles. The van der Waals surface area contributed by atoms with Crippen LogP contribution < -0.4 is 0 Å². The molecule has 0 radical (unpaired) electrons. The Morgan fingerprint density at radius 1 is 1.26 bits per heavy atom. The van der Waals surface area contributed by atoms with Crippen molar-refractivity contribution in [3.8, 4) is 5.75 Å². The summed E-state index contributed by atoms with van der Waals surface area (Å²) in [5, 5.41) is 9.32. The highest BCUT2D eigenvalue weighted by molar-refractivity contribution is 5.70. The summed E-state index contributed by atoms with van der Waals surface area (Å²) in [6, 6.07) is 7.31. The molecule has 0 atom stereocenters. The van der Waals surface area contributed by atoms with Gasteiger partial charge in [0.2, 0.25) is 0 Å². The smallest absolute Gasteiger partial charge is 0.306 e. The van der Waals surface area contributed by atoms with Crippen LogP contribution >= 0.6 is 0 Å². The van der Waals surface area contributed by atoms with E-state index in [1.807, 2.05) is 19.1 Å². The van der Waals surface area contributed by atoms with E-state index in [-0.39, 0.29) is 17.1 Å². The van der Waals surface area contributed by atoms with Crippen LogP contribution in [0.15, 0.2) is 24.3 Å². The maximum atomic E-state index is 11.8. The molecule has 3 heteroatoms. The molecule has 1 aromatic rings. The van der Waals surface area contributed by atoms with Gasteiger partial charge in [-0.2, -0.15) is 0 Å². The Morgan fingerprint density at radius 2 is 1.89 bits per heavy atom. The molecule has 3 nitrogen and oxygen atoms in total. The molecule has 0 aromatic heterocycles. The average Bonchev–Trinajstić information content (AvgIpc) is 2.81. The molecule has 0 unspecified atom stereocenters. The summed E-state index contributed by atoms with van der Waals surface area (Å²) in [5.74, 6) is 0.206. The van der Waals surface area contributed by atoms with E-state index in [1.54, 1.807) is 12.1 Å². The van der Waals surface area contributed by atoms with Gasteiger partial charge in [-0.05, 0) is 49.3 Å². The average molecular weight is 262 g/mol. The molecule has 19 heavy (non-hydrogen) atoms. The van der Waals surface area contributed by atoms with Crippen molar-refractivity contribution in [2.75, 3.05) is 6.61 Å². The van der Waals surface area contributed by atoms with Gasteiger partial charge in [0.15, 0.2) is 0 Å². The second-order valence-corrected chi connectivity index (χ2v) is 5.53. The van der Waals surface area contributed by atoms with Crippen molar-refractivity contribution >= 4 is 5.97 Å². The van der Waals surface area contributed by atoms with Gasteiger partial charge >= 0.3 is 5.97 Å². The summed E-state index contributed by atoms with van der Waals surface area (Å²) in [6.07, 6.45) is 5.97. The molecule has 0 saturated heterocycles. The minimum absolute atomic E-state index is 0.0588. The molecular weight excluding hydrogens is 240 g/mol. The summed E-state index contributed by atoms with van der Waals surface area (Å²) in [5.41, 5.74) is 1.24. The number of aromatic hydroxyl groups is 1. The topological polar surface area (TPSA) is 46.5 Å². The van der Waals surface area contributed by atoms with Crippen molar-refractivity contribution in [1.29, 1.82) is 0 Å². The minimum atomic E-state index is -0.0804. The fraction of sp³-hybridized carbons (Fsp3) is 0.562. The first-order valence-corrected chi connectivity index (χ1v) is 7.07. The zero-order valence-electron chi connectivity index (χ0n) is 11.5. The SMILES string of the molecule is CCOC(=O)CC1(Cc2ccc(O)cc2)CCCC1. The predicted octanol–water partition coefficient (Wildman–Crippen LogP) is 3.45. The van der Waals surface area contributed by atoms with E-state index in [0.29, 0.717) is 13.0 Å². The first kappa shape index (κ1) is 13.9. The number of benzene rings is 1. The summed E-state index contributed by atoms with van der Waals surface area (Å²) >= 11 is 0. The molecule has 1 aromatic carbocycles. The number of hydrogen-bond acceptors (Lipinski definition) is 3. The fourth-order valence-corrected chi connectivity index (χ4v) is 3.11. The van der Waals surface area contributed by atoms with E-state index in [1.165, 1.54) is 18.4 Å². The van der Waals surface area contributed by atoms with E-state index < -0.39 is 0 Å². The summed E-state index contributed by atoms with van der Waals surface area (Å²) < 4.78 is 5.11. The summed E-state index contributed by atoms with van der Waals surface area (Å²) in [7, 11) is 0. The third-order valence-corrected chi connectivity index (χ3v) is 4.00. The third kappa shape index (κ3) is 3.72. The molecule has 1 aliphatic carbocycles. The maximum absolute atomic E-state index is 11.8. The molecule has 0 aliphatic heterocycles. The van der Waals surface area contributed by atoms with Gasteiger partial charge in [-0.3, -0.25) is 4.79 Å². The standard InChI is InChI=1S/C16H22O3/c1-2-19-15(18)12-16(9-3-4-10-16)11-13-5-7-14(17)8-6-13/h5-8,17H,2-4,9-12H2,1H3. The lowest BCUT2D eigenvalue weighted by atomic mass is 9.77. The number of carbonyl (C=O) groups is 1. The Morgan fingerprint density at radius 3 is 2.47 bits per heavy atom. The second-order valence-electron chi connectivity index (χ2n) is 5.53. The quantitative estimate of drug-likeness (QED) is 0.827. The Bertz CT molecular complexity index is 416. The first-order valence-electron chi connectivity index (χ1n) is 7.07. The molecular formula is C16H22O3. The number of phenols is 1. The van der Waals surface area contributed by atoms with Crippen molar-refractivity contribution < 1.29 is 14.6 Å². The Labute approximate surface area is 114 Å². The van der Waals surface area contributed by atoms with Crippen molar-refractivity contribution in [2.24, 2.45) is 5.41 Å². The number of esters is 1. The van der Waals surface area contributed by atoms with Crippen LogP contribution in [0.2, 0.25) is 0 Å². The molecule has 0 bridgehead atoms. The summed E-state index contributed by atoms with van der Waals surface area (Å²) in [6.45, 7) is 2.30. The number of hydrogen-bond donors (Lipinski definition) is 1. The Hall–Kier alpha value is -1.51. The van der Waals surface area contributed by atoms with Crippen LogP contribution in [0.3, 0.4) is 0 Å². The van der Waals surface area contributed by atoms with Crippen LogP contribution in [0.1, 0.15) is 44.6 Å². The lowest BCUT2D eigenvalue weighted by molar-refractivity contribution is -0.145. The highest BCUT2D eigenvalue weighted by Crippen LogP contribution is 2.44. The third-order valence-electron chi connectivity index (χ3n) is 4.00. The molecule has 1 N–H and O–H groups in total. The van der Waals surface area contributed by atoms with Crippen LogP contribution in [0.4, 0.5) is 0 Å².